The van der Waals surface area contributed by atoms with Gasteiger partial charge in [0.05, 0.1) is 6.54 Å². The van der Waals surface area contributed by atoms with E-state index >= 15 is 0 Å². The number of benzene rings is 2. The molecule has 1 aromatic heterocycles. The summed E-state index contributed by atoms with van der Waals surface area (Å²) in [5.74, 6) is 0. The van der Waals surface area contributed by atoms with Gasteiger partial charge in [0.25, 0.3) is 5.56 Å². The molecule has 2 heteroatoms. The smallest absolute Gasteiger partial charge is 0.253 e. The Kier molecular flexibility index (Phi) is 2.92. The maximum atomic E-state index is 12.1. The number of fused-ring (bicyclic) bond motifs is 1. The predicted molar refractivity (Wildman–Crippen MR) is 78.5 cm³/mol. The van der Waals surface area contributed by atoms with Gasteiger partial charge in [0.2, 0.25) is 0 Å². The Bertz CT molecular complexity index is 781. The molecule has 0 atom stereocenters. The van der Waals surface area contributed by atoms with Gasteiger partial charge in [0.1, 0.15) is 0 Å². The molecule has 1 heterocycles. The van der Waals surface area contributed by atoms with Gasteiger partial charge in [-0.25, -0.2) is 0 Å². The minimum Gasteiger partial charge on any atom is -0.311 e. The molecule has 0 bridgehead atoms. The van der Waals surface area contributed by atoms with E-state index in [9.17, 15) is 4.79 Å². The number of hydrogen-bond donors (Lipinski definition) is 0. The van der Waals surface area contributed by atoms with E-state index in [1.54, 1.807) is 4.57 Å². The molecule has 0 spiro atoms. The average Bonchev–Trinajstić information content (AvgIpc) is 2.44. The molecule has 0 radical (unpaired) electrons. The lowest BCUT2D eigenvalue weighted by Crippen LogP contribution is -2.21. The van der Waals surface area contributed by atoms with E-state index in [-0.39, 0.29) is 5.56 Å². The molecule has 2 aromatic carbocycles. The molecule has 0 aliphatic heterocycles. The topological polar surface area (TPSA) is 22.0 Å². The van der Waals surface area contributed by atoms with Gasteiger partial charge in [0, 0.05) is 11.8 Å². The Hall–Kier alpha value is -2.35. The largest absolute Gasteiger partial charge is 0.311 e. The van der Waals surface area contributed by atoms with Crippen molar-refractivity contribution in [1.29, 1.82) is 0 Å². The highest BCUT2D eigenvalue weighted by Gasteiger charge is 2.03. The second-order valence-electron chi connectivity index (χ2n) is 4.76. The highest BCUT2D eigenvalue weighted by molar-refractivity contribution is 5.85. The van der Waals surface area contributed by atoms with E-state index < -0.39 is 0 Å². The number of aromatic nitrogens is 1. The summed E-state index contributed by atoms with van der Waals surface area (Å²) in [5.41, 5.74) is 2.03. The summed E-state index contributed by atoms with van der Waals surface area (Å²) in [5, 5.41) is 2.42. The first-order valence-electron chi connectivity index (χ1n) is 6.38. The fraction of sp³-hybridized carbons (Fsp3) is 0.118. The molecule has 0 saturated heterocycles. The van der Waals surface area contributed by atoms with Crippen LogP contribution in [0.25, 0.3) is 10.8 Å². The first-order valence-corrected chi connectivity index (χ1v) is 6.38. The first-order chi connectivity index (χ1) is 9.25. The van der Waals surface area contributed by atoms with Gasteiger partial charge in [-0.05, 0) is 29.3 Å². The van der Waals surface area contributed by atoms with Crippen molar-refractivity contribution >= 4 is 10.8 Å². The highest BCUT2D eigenvalue weighted by Crippen LogP contribution is 2.18. The van der Waals surface area contributed by atoms with Crippen LogP contribution >= 0.6 is 0 Å². The molecule has 0 saturated carbocycles. The maximum absolute atomic E-state index is 12.1. The van der Waals surface area contributed by atoms with Gasteiger partial charge in [0.15, 0.2) is 0 Å². The van der Waals surface area contributed by atoms with Crippen molar-refractivity contribution in [2.45, 2.75) is 13.5 Å². The van der Waals surface area contributed by atoms with E-state index in [2.05, 4.69) is 24.3 Å². The maximum Gasteiger partial charge on any atom is 0.253 e. The molecular weight excluding hydrogens is 234 g/mol. The van der Waals surface area contributed by atoms with Crippen LogP contribution in [-0.4, -0.2) is 4.57 Å². The van der Waals surface area contributed by atoms with Crippen LogP contribution in [0.15, 0.2) is 65.6 Å². The van der Waals surface area contributed by atoms with Crippen LogP contribution in [-0.2, 0) is 6.54 Å². The number of rotatable bonds is 2. The quantitative estimate of drug-likeness (QED) is 0.682. The second kappa shape index (κ2) is 4.73. The monoisotopic (exact) mass is 249 g/mol. The Morgan fingerprint density at radius 1 is 0.947 bits per heavy atom. The van der Waals surface area contributed by atoms with Gasteiger partial charge in [-0.1, -0.05) is 48.5 Å². The van der Waals surface area contributed by atoms with Crippen LogP contribution in [0, 0.1) is 6.92 Å². The van der Waals surface area contributed by atoms with Crippen molar-refractivity contribution < 1.29 is 0 Å². The minimum atomic E-state index is 0.0791. The van der Waals surface area contributed by atoms with Crippen LogP contribution in [0.3, 0.4) is 0 Å². The number of nitrogens with zero attached hydrogens (tertiary/aromatic N) is 1. The highest BCUT2D eigenvalue weighted by atomic mass is 16.1. The van der Waals surface area contributed by atoms with Crippen LogP contribution in [0.2, 0.25) is 0 Å². The fourth-order valence-electron chi connectivity index (χ4n) is 2.40. The molecule has 0 unspecified atom stereocenters. The van der Waals surface area contributed by atoms with Crippen LogP contribution in [0.5, 0.6) is 0 Å². The van der Waals surface area contributed by atoms with E-state index in [0.717, 1.165) is 5.56 Å². The summed E-state index contributed by atoms with van der Waals surface area (Å²) < 4.78 is 1.76. The molecule has 19 heavy (non-hydrogen) atoms. The molecule has 94 valence electrons. The third-order valence-corrected chi connectivity index (χ3v) is 3.43. The summed E-state index contributed by atoms with van der Waals surface area (Å²) in [6.07, 6.45) is 1.84. The molecule has 0 aliphatic carbocycles. The van der Waals surface area contributed by atoms with Gasteiger partial charge in [-0.3, -0.25) is 4.79 Å². The second-order valence-corrected chi connectivity index (χ2v) is 4.76. The van der Waals surface area contributed by atoms with Crippen molar-refractivity contribution in [3.63, 3.8) is 0 Å². The number of hydrogen-bond acceptors (Lipinski definition) is 1. The lowest BCUT2D eigenvalue weighted by atomic mass is 10.0. The lowest BCUT2D eigenvalue weighted by molar-refractivity contribution is 0.757. The lowest BCUT2D eigenvalue weighted by Gasteiger charge is -2.09. The van der Waals surface area contributed by atoms with E-state index in [4.69, 9.17) is 0 Å². The Morgan fingerprint density at radius 3 is 2.63 bits per heavy atom. The summed E-state index contributed by atoms with van der Waals surface area (Å²) in [6.45, 7) is 2.46. The minimum absolute atomic E-state index is 0.0791. The van der Waals surface area contributed by atoms with Crippen LogP contribution in [0.1, 0.15) is 11.1 Å². The third-order valence-electron chi connectivity index (χ3n) is 3.43. The Morgan fingerprint density at radius 2 is 1.74 bits per heavy atom. The third kappa shape index (κ3) is 2.17. The van der Waals surface area contributed by atoms with Gasteiger partial charge >= 0.3 is 0 Å². The predicted octanol–water partition coefficient (Wildman–Crippen LogP) is 3.36. The van der Waals surface area contributed by atoms with E-state index in [0.29, 0.717) is 6.54 Å². The van der Waals surface area contributed by atoms with Crippen LogP contribution in [0.4, 0.5) is 0 Å². The molecule has 3 aromatic rings. The first kappa shape index (κ1) is 11.7. The summed E-state index contributed by atoms with van der Waals surface area (Å²) in [4.78, 5) is 12.1. The standard InChI is InChI=1S/C17H15NO/c1-13-6-5-11-18(17(13)19)12-15-9-4-8-14-7-2-3-10-16(14)15/h2-11H,12H2,1H3. The Labute approximate surface area is 111 Å². The Balaban J connectivity index is 2.11. The normalized spacial score (nSPS) is 10.8. The zero-order valence-corrected chi connectivity index (χ0v) is 10.8. The fourth-order valence-corrected chi connectivity index (χ4v) is 2.40. The van der Waals surface area contributed by atoms with Gasteiger partial charge < -0.3 is 4.57 Å². The van der Waals surface area contributed by atoms with Crippen LogP contribution < -0.4 is 5.56 Å². The summed E-state index contributed by atoms with van der Waals surface area (Å²) in [6, 6.07) is 18.2. The van der Waals surface area contributed by atoms with Gasteiger partial charge in [-0.2, -0.15) is 0 Å². The summed E-state index contributed by atoms with van der Waals surface area (Å²) in [7, 11) is 0. The molecule has 0 amide bonds. The number of pyridine rings is 1. The molecule has 2 nitrogen and oxygen atoms in total. The molecular formula is C17H15NO. The van der Waals surface area contributed by atoms with Crippen molar-refractivity contribution in [1.82, 2.24) is 4.57 Å². The SMILES string of the molecule is Cc1cccn(Cc2cccc3ccccc23)c1=O. The molecule has 0 N–H and O–H groups in total. The van der Waals surface area contributed by atoms with Crippen molar-refractivity contribution in [2.75, 3.05) is 0 Å². The zero-order chi connectivity index (χ0) is 13.2. The van der Waals surface area contributed by atoms with Crippen molar-refractivity contribution in [3.8, 4) is 0 Å². The number of aryl methyl sites for hydroxylation is 1. The summed E-state index contributed by atoms with van der Waals surface area (Å²) >= 11 is 0. The van der Waals surface area contributed by atoms with Crippen molar-refractivity contribution in [2.24, 2.45) is 0 Å². The molecule has 0 aliphatic rings. The van der Waals surface area contributed by atoms with E-state index in [1.807, 2.05) is 43.5 Å². The molecule has 3 rings (SSSR count). The zero-order valence-electron chi connectivity index (χ0n) is 10.8. The molecule has 0 fully saturated rings. The average molecular weight is 249 g/mol. The van der Waals surface area contributed by atoms with Crippen molar-refractivity contribution in [3.05, 3.63) is 82.3 Å². The van der Waals surface area contributed by atoms with E-state index in [1.165, 1.54) is 16.3 Å². The van der Waals surface area contributed by atoms with Gasteiger partial charge in [-0.15, -0.1) is 0 Å².